The van der Waals surface area contributed by atoms with Crippen molar-refractivity contribution in [1.82, 2.24) is 29.8 Å². The van der Waals surface area contributed by atoms with E-state index in [-0.39, 0.29) is 0 Å². The number of benzene rings is 1. The first-order valence-corrected chi connectivity index (χ1v) is 8.64. The number of nitrogens with zero attached hydrogens (tertiary/aromatic N) is 6. The number of imidazole rings is 1. The molecule has 3 rings (SSSR count). The first kappa shape index (κ1) is 15.7. The first-order valence-electron chi connectivity index (χ1n) is 7.65. The van der Waals surface area contributed by atoms with Crippen LogP contribution in [-0.4, -0.2) is 29.8 Å². The summed E-state index contributed by atoms with van der Waals surface area (Å²) in [6.45, 7) is 5.97. The Hall–Kier alpha value is -2.15. The topological polar surface area (TPSA) is 61.4 Å². The Kier molecular flexibility index (Phi) is 5.07. The molecule has 0 saturated carbocycles. The molecule has 0 bridgehead atoms. The van der Waals surface area contributed by atoms with Gasteiger partial charge < -0.3 is 4.57 Å². The molecule has 0 aliphatic carbocycles. The lowest BCUT2D eigenvalue weighted by molar-refractivity contribution is 0.445. The lowest BCUT2D eigenvalue weighted by atomic mass is 10.2. The molecule has 2 heterocycles. The molecule has 3 aromatic rings. The molecule has 23 heavy (non-hydrogen) atoms. The van der Waals surface area contributed by atoms with Crippen LogP contribution in [0.2, 0.25) is 0 Å². The Morgan fingerprint density at radius 3 is 2.78 bits per heavy atom. The normalized spacial score (nSPS) is 11.3. The van der Waals surface area contributed by atoms with E-state index in [1.807, 2.05) is 23.1 Å². The molecule has 0 radical (unpaired) electrons. The average molecular weight is 328 g/mol. The summed E-state index contributed by atoms with van der Waals surface area (Å²) in [4.78, 5) is 4.47. The van der Waals surface area contributed by atoms with Crippen molar-refractivity contribution in [1.29, 1.82) is 0 Å². The standard InChI is InChI=1S/C16H20N6S/c1-13(2)10-22-16(18-19-20-22)23-12-15-17-8-9-21(15)11-14-6-4-3-5-7-14/h3-9,13H,10-12H2,1-2H3. The predicted molar refractivity (Wildman–Crippen MR) is 90.0 cm³/mol. The van der Waals surface area contributed by atoms with Gasteiger partial charge in [-0.3, -0.25) is 0 Å². The molecule has 0 unspecified atom stereocenters. The highest BCUT2D eigenvalue weighted by Gasteiger charge is 2.11. The van der Waals surface area contributed by atoms with Crippen LogP contribution in [0.4, 0.5) is 0 Å². The van der Waals surface area contributed by atoms with E-state index >= 15 is 0 Å². The molecular formula is C16H20N6S. The second kappa shape index (κ2) is 7.41. The van der Waals surface area contributed by atoms with Crippen LogP contribution < -0.4 is 0 Å². The molecule has 0 aliphatic rings. The fourth-order valence-electron chi connectivity index (χ4n) is 2.29. The molecule has 0 atom stereocenters. The van der Waals surface area contributed by atoms with Gasteiger partial charge >= 0.3 is 0 Å². The molecule has 0 saturated heterocycles. The summed E-state index contributed by atoms with van der Waals surface area (Å²) in [5.74, 6) is 2.29. The van der Waals surface area contributed by atoms with E-state index in [1.54, 1.807) is 11.8 Å². The van der Waals surface area contributed by atoms with Crippen molar-refractivity contribution in [3.05, 3.63) is 54.1 Å². The molecule has 7 heteroatoms. The minimum atomic E-state index is 0.512. The van der Waals surface area contributed by atoms with Gasteiger partial charge in [-0.25, -0.2) is 9.67 Å². The van der Waals surface area contributed by atoms with Crippen LogP contribution in [0.25, 0.3) is 0 Å². The summed E-state index contributed by atoms with van der Waals surface area (Å²) in [5, 5.41) is 12.8. The van der Waals surface area contributed by atoms with Crippen LogP contribution in [0, 0.1) is 5.92 Å². The van der Waals surface area contributed by atoms with Crippen LogP contribution in [0.1, 0.15) is 25.2 Å². The van der Waals surface area contributed by atoms with Crippen molar-refractivity contribution in [2.75, 3.05) is 0 Å². The molecular weight excluding hydrogens is 308 g/mol. The van der Waals surface area contributed by atoms with E-state index in [9.17, 15) is 0 Å². The van der Waals surface area contributed by atoms with Crippen LogP contribution in [-0.2, 0) is 18.8 Å². The van der Waals surface area contributed by atoms with Gasteiger partial charge in [0.05, 0.1) is 5.75 Å². The third kappa shape index (κ3) is 4.19. The minimum absolute atomic E-state index is 0.512. The van der Waals surface area contributed by atoms with Crippen molar-refractivity contribution in [3.8, 4) is 0 Å². The Labute approximate surface area is 139 Å². The maximum atomic E-state index is 4.47. The average Bonchev–Trinajstić information content (AvgIpc) is 3.15. The summed E-state index contributed by atoms with van der Waals surface area (Å²) in [6, 6.07) is 10.4. The van der Waals surface area contributed by atoms with Crippen LogP contribution >= 0.6 is 11.8 Å². The van der Waals surface area contributed by atoms with E-state index in [4.69, 9.17) is 0 Å². The van der Waals surface area contributed by atoms with E-state index in [0.29, 0.717) is 5.92 Å². The third-order valence-electron chi connectivity index (χ3n) is 3.36. The van der Waals surface area contributed by atoms with Crippen LogP contribution in [0.5, 0.6) is 0 Å². The SMILES string of the molecule is CC(C)Cn1nnnc1SCc1nccn1Cc1ccccc1. The van der Waals surface area contributed by atoms with E-state index in [1.165, 1.54) is 5.56 Å². The van der Waals surface area contributed by atoms with E-state index in [2.05, 4.69) is 63.2 Å². The van der Waals surface area contributed by atoms with E-state index < -0.39 is 0 Å². The molecule has 1 aromatic carbocycles. The number of aromatic nitrogens is 6. The first-order chi connectivity index (χ1) is 11.2. The fourth-order valence-corrected chi connectivity index (χ4v) is 3.15. The van der Waals surface area contributed by atoms with Gasteiger partial charge in [0.1, 0.15) is 5.82 Å². The molecule has 0 amide bonds. The Balaban J connectivity index is 1.66. The zero-order chi connectivity index (χ0) is 16.1. The van der Waals surface area contributed by atoms with Gasteiger partial charge in [0, 0.05) is 25.5 Å². The van der Waals surface area contributed by atoms with Gasteiger partial charge in [0.15, 0.2) is 0 Å². The maximum Gasteiger partial charge on any atom is 0.209 e. The quantitative estimate of drug-likeness (QED) is 0.624. The fraction of sp³-hybridized carbons (Fsp3) is 0.375. The molecule has 6 nitrogen and oxygen atoms in total. The summed E-state index contributed by atoms with van der Waals surface area (Å²) >= 11 is 1.62. The Morgan fingerprint density at radius 1 is 1.17 bits per heavy atom. The van der Waals surface area contributed by atoms with Crippen molar-refractivity contribution in [2.45, 2.75) is 37.8 Å². The molecule has 120 valence electrons. The number of tetrazole rings is 1. The predicted octanol–water partition coefficient (Wildman–Crippen LogP) is 2.87. The molecule has 0 fully saturated rings. The zero-order valence-corrected chi connectivity index (χ0v) is 14.1. The highest BCUT2D eigenvalue weighted by molar-refractivity contribution is 7.98. The smallest absolute Gasteiger partial charge is 0.209 e. The number of hydrogen-bond acceptors (Lipinski definition) is 5. The largest absolute Gasteiger partial charge is 0.330 e. The number of hydrogen-bond donors (Lipinski definition) is 0. The lowest BCUT2D eigenvalue weighted by Crippen LogP contribution is -2.08. The van der Waals surface area contributed by atoms with E-state index in [0.717, 1.165) is 29.8 Å². The minimum Gasteiger partial charge on any atom is -0.330 e. The highest BCUT2D eigenvalue weighted by Crippen LogP contribution is 2.20. The summed E-state index contributed by atoms with van der Waals surface area (Å²) in [7, 11) is 0. The monoisotopic (exact) mass is 328 g/mol. The number of thioether (sulfide) groups is 1. The molecule has 0 spiro atoms. The van der Waals surface area contributed by atoms with Crippen LogP contribution in [0.15, 0.2) is 47.9 Å². The lowest BCUT2D eigenvalue weighted by Gasteiger charge is -2.09. The van der Waals surface area contributed by atoms with Crippen molar-refractivity contribution in [3.63, 3.8) is 0 Å². The number of rotatable bonds is 7. The second-order valence-electron chi connectivity index (χ2n) is 5.78. The Bertz CT molecular complexity index is 734. The van der Waals surface area contributed by atoms with Gasteiger partial charge in [-0.1, -0.05) is 55.9 Å². The highest BCUT2D eigenvalue weighted by atomic mass is 32.2. The zero-order valence-electron chi connectivity index (χ0n) is 13.3. The van der Waals surface area contributed by atoms with Gasteiger partial charge in [-0.2, -0.15) is 0 Å². The van der Waals surface area contributed by atoms with Crippen molar-refractivity contribution in [2.24, 2.45) is 5.92 Å². The van der Waals surface area contributed by atoms with Gasteiger partial charge in [-0.15, -0.1) is 5.10 Å². The van der Waals surface area contributed by atoms with Crippen molar-refractivity contribution < 1.29 is 0 Å². The molecule has 2 aromatic heterocycles. The molecule has 0 aliphatic heterocycles. The maximum absolute atomic E-state index is 4.47. The summed E-state index contributed by atoms with van der Waals surface area (Å²) in [5.41, 5.74) is 1.27. The second-order valence-corrected chi connectivity index (χ2v) is 6.73. The van der Waals surface area contributed by atoms with Gasteiger partial charge in [0.2, 0.25) is 5.16 Å². The van der Waals surface area contributed by atoms with Gasteiger partial charge in [-0.05, 0) is 21.9 Å². The summed E-state index contributed by atoms with van der Waals surface area (Å²) in [6.07, 6.45) is 3.86. The molecule has 0 N–H and O–H groups in total. The van der Waals surface area contributed by atoms with Crippen molar-refractivity contribution >= 4 is 11.8 Å². The Morgan fingerprint density at radius 2 is 2.00 bits per heavy atom. The summed E-state index contributed by atoms with van der Waals surface area (Å²) < 4.78 is 4.03. The third-order valence-corrected chi connectivity index (χ3v) is 4.32. The van der Waals surface area contributed by atoms with Crippen LogP contribution in [0.3, 0.4) is 0 Å². The van der Waals surface area contributed by atoms with Gasteiger partial charge in [0.25, 0.3) is 0 Å².